The highest BCUT2D eigenvalue weighted by Crippen LogP contribution is 2.29. The number of nitrogens with zero attached hydrogens (tertiary/aromatic N) is 1. The molecule has 0 spiro atoms. The van der Waals surface area contributed by atoms with Crippen LogP contribution in [0.5, 0.6) is 0 Å². The molecule has 1 fully saturated rings. The summed E-state index contributed by atoms with van der Waals surface area (Å²) in [7, 11) is 0. The van der Waals surface area contributed by atoms with Gasteiger partial charge in [-0.25, -0.2) is 9.59 Å². The van der Waals surface area contributed by atoms with Gasteiger partial charge in [-0.2, -0.15) is 11.8 Å². The molecular formula is C24H31N3O6S. The SMILES string of the molecule is CSCC[C@H](C(=O)OCC(=O)NC(=O)N[C@@H]1CCC[C@H](C)[C@H]1C)N1C(=O)c2ccccc2C1=O. The molecule has 3 rings (SSSR count). The van der Waals surface area contributed by atoms with Gasteiger partial charge in [0, 0.05) is 6.04 Å². The Hall–Kier alpha value is -2.88. The second kappa shape index (κ2) is 11.5. The van der Waals surface area contributed by atoms with Gasteiger partial charge in [-0.15, -0.1) is 0 Å². The summed E-state index contributed by atoms with van der Waals surface area (Å²) in [4.78, 5) is 63.7. The third-order valence-electron chi connectivity index (χ3n) is 6.63. The molecule has 1 aliphatic carbocycles. The highest BCUT2D eigenvalue weighted by Gasteiger charge is 2.43. The van der Waals surface area contributed by atoms with Gasteiger partial charge in [0.2, 0.25) is 0 Å². The van der Waals surface area contributed by atoms with E-state index in [0.29, 0.717) is 17.6 Å². The number of nitrogens with one attached hydrogen (secondary N) is 2. The molecule has 10 heteroatoms. The second-order valence-electron chi connectivity index (χ2n) is 8.83. The van der Waals surface area contributed by atoms with Crippen LogP contribution in [0.1, 0.15) is 60.2 Å². The zero-order chi connectivity index (χ0) is 24.8. The summed E-state index contributed by atoms with van der Waals surface area (Å²) in [5.41, 5.74) is 0.463. The number of rotatable bonds is 8. The van der Waals surface area contributed by atoms with Gasteiger partial charge < -0.3 is 10.1 Å². The van der Waals surface area contributed by atoms with Gasteiger partial charge in [0.05, 0.1) is 11.1 Å². The topological polar surface area (TPSA) is 122 Å². The Kier molecular flexibility index (Phi) is 8.71. The maximum absolute atomic E-state index is 12.8. The minimum Gasteiger partial charge on any atom is -0.454 e. The number of carbonyl (C=O) groups is 5. The van der Waals surface area contributed by atoms with Crippen LogP contribution in [-0.2, 0) is 14.3 Å². The van der Waals surface area contributed by atoms with E-state index in [1.165, 1.54) is 23.9 Å². The Morgan fingerprint density at radius 3 is 2.38 bits per heavy atom. The van der Waals surface area contributed by atoms with E-state index in [2.05, 4.69) is 24.5 Å². The van der Waals surface area contributed by atoms with Crippen molar-refractivity contribution in [2.75, 3.05) is 18.6 Å². The predicted octanol–water partition coefficient (Wildman–Crippen LogP) is 2.60. The quantitative estimate of drug-likeness (QED) is 0.425. The maximum Gasteiger partial charge on any atom is 0.329 e. The molecule has 0 saturated heterocycles. The van der Waals surface area contributed by atoms with E-state index in [1.54, 1.807) is 12.1 Å². The molecule has 0 aromatic heterocycles. The molecule has 2 N–H and O–H groups in total. The van der Waals surface area contributed by atoms with Crippen molar-refractivity contribution in [2.45, 2.75) is 51.6 Å². The first-order valence-corrected chi connectivity index (χ1v) is 12.9. The molecule has 0 radical (unpaired) electrons. The zero-order valence-corrected chi connectivity index (χ0v) is 20.5. The molecule has 0 unspecified atom stereocenters. The first kappa shape index (κ1) is 25.7. The molecule has 9 nitrogen and oxygen atoms in total. The van der Waals surface area contributed by atoms with Crippen molar-refractivity contribution in [3.8, 4) is 0 Å². The van der Waals surface area contributed by atoms with Crippen LogP contribution >= 0.6 is 11.8 Å². The number of hydrogen-bond acceptors (Lipinski definition) is 7. The van der Waals surface area contributed by atoms with Crippen molar-refractivity contribution in [3.05, 3.63) is 35.4 Å². The lowest BCUT2D eigenvalue weighted by atomic mass is 9.78. The Balaban J connectivity index is 1.56. The Labute approximate surface area is 203 Å². The molecule has 0 bridgehead atoms. The Morgan fingerprint density at radius 2 is 1.76 bits per heavy atom. The normalized spacial score (nSPS) is 22.7. The van der Waals surface area contributed by atoms with Crippen LogP contribution in [0.3, 0.4) is 0 Å². The lowest BCUT2D eigenvalue weighted by Crippen LogP contribution is -2.50. The molecule has 4 atom stereocenters. The maximum atomic E-state index is 12.8. The standard InChI is InChI=1S/C24H31N3O6S/c1-14-7-6-10-18(15(14)2)25-24(32)26-20(28)13-33-23(31)19(11-12-34-3)27-21(29)16-8-4-5-9-17(16)22(27)30/h4-5,8-9,14-15,18-19H,6-7,10-13H2,1-3H3,(H2,25,26,28,32)/t14-,15+,18+,19+/m0/s1. The van der Waals surface area contributed by atoms with Gasteiger partial charge in [-0.3, -0.25) is 24.6 Å². The van der Waals surface area contributed by atoms with Crippen molar-refractivity contribution in [2.24, 2.45) is 11.8 Å². The van der Waals surface area contributed by atoms with Crippen molar-refractivity contribution in [3.63, 3.8) is 0 Å². The predicted molar refractivity (Wildman–Crippen MR) is 127 cm³/mol. The first-order chi connectivity index (χ1) is 16.2. The van der Waals surface area contributed by atoms with Gasteiger partial charge in [0.1, 0.15) is 6.04 Å². The van der Waals surface area contributed by atoms with Crippen LogP contribution in [-0.4, -0.2) is 65.3 Å². The van der Waals surface area contributed by atoms with Gasteiger partial charge in [0.25, 0.3) is 17.7 Å². The number of thioether (sulfide) groups is 1. The van der Waals surface area contributed by atoms with Crippen LogP contribution in [0.2, 0.25) is 0 Å². The number of hydrogen-bond donors (Lipinski definition) is 2. The number of benzene rings is 1. The first-order valence-electron chi connectivity index (χ1n) is 11.5. The monoisotopic (exact) mass is 489 g/mol. The fourth-order valence-electron chi connectivity index (χ4n) is 4.46. The molecule has 1 aromatic carbocycles. The molecule has 184 valence electrons. The summed E-state index contributed by atoms with van der Waals surface area (Å²) in [5.74, 6) is -1.51. The van der Waals surface area contributed by atoms with E-state index in [4.69, 9.17) is 4.74 Å². The van der Waals surface area contributed by atoms with Crippen LogP contribution in [0.25, 0.3) is 0 Å². The van der Waals surface area contributed by atoms with Crippen LogP contribution in [0.15, 0.2) is 24.3 Å². The van der Waals surface area contributed by atoms with Crippen molar-refractivity contribution in [1.82, 2.24) is 15.5 Å². The van der Waals surface area contributed by atoms with Crippen LogP contribution in [0.4, 0.5) is 4.79 Å². The summed E-state index contributed by atoms with van der Waals surface area (Å²) < 4.78 is 5.11. The number of carbonyl (C=O) groups excluding carboxylic acids is 5. The van der Waals surface area contributed by atoms with E-state index in [9.17, 15) is 24.0 Å². The van der Waals surface area contributed by atoms with Gasteiger partial charge in [-0.05, 0) is 48.8 Å². The van der Waals surface area contributed by atoms with E-state index >= 15 is 0 Å². The summed E-state index contributed by atoms with van der Waals surface area (Å²) in [6, 6.07) is 4.54. The molecule has 2 aliphatic rings. The Morgan fingerprint density at radius 1 is 1.12 bits per heavy atom. The fourth-order valence-corrected chi connectivity index (χ4v) is 4.92. The fraction of sp³-hybridized carbons (Fsp3) is 0.542. The number of urea groups is 1. The lowest BCUT2D eigenvalue weighted by Gasteiger charge is -2.34. The Bertz CT molecular complexity index is 933. The lowest BCUT2D eigenvalue weighted by molar-refractivity contribution is -0.152. The van der Waals surface area contributed by atoms with Gasteiger partial charge >= 0.3 is 12.0 Å². The highest BCUT2D eigenvalue weighted by atomic mass is 32.2. The van der Waals surface area contributed by atoms with Crippen molar-refractivity contribution >= 4 is 41.5 Å². The van der Waals surface area contributed by atoms with Crippen molar-refractivity contribution < 1.29 is 28.7 Å². The summed E-state index contributed by atoms with van der Waals surface area (Å²) in [6.45, 7) is 3.52. The molecular weight excluding hydrogens is 458 g/mol. The third-order valence-corrected chi connectivity index (χ3v) is 7.27. The molecule has 5 amide bonds. The average molecular weight is 490 g/mol. The summed E-state index contributed by atoms with van der Waals surface area (Å²) in [5, 5.41) is 5.01. The van der Waals surface area contributed by atoms with Gasteiger partial charge in [0.15, 0.2) is 6.61 Å². The second-order valence-corrected chi connectivity index (χ2v) is 9.81. The van der Waals surface area contributed by atoms with Crippen molar-refractivity contribution in [1.29, 1.82) is 0 Å². The summed E-state index contributed by atoms with van der Waals surface area (Å²) in [6.07, 6.45) is 4.99. The number of amides is 5. The zero-order valence-electron chi connectivity index (χ0n) is 19.7. The van der Waals surface area contributed by atoms with Gasteiger partial charge in [-0.1, -0.05) is 38.8 Å². The number of fused-ring (bicyclic) bond motifs is 1. The molecule has 1 heterocycles. The van der Waals surface area contributed by atoms with E-state index < -0.39 is 42.4 Å². The average Bonchev–Trinajstić information content (AvgIpc) is 3.06. The van der Waals surface area contributed by atoms with E-state index in [0.717, 1.165) is 24.2 Å². The molecule has 1 saturated carbocycles. The molecule has 34 heavy (non-hydrogen) atoms. The minimum atomic E-state index is -1.16. The van der Waals surface area contributed by atoms with Crippen LogP contribution < -0.4 is 10.6 Å². The van der Waals surface area contributed by atoms with Crippen LogP contribution in [0, 0.1) is 11.8 Å². The largest absolute Gasteiger partial charge is 0.454 e. The minimum absolute atomic E-state index is 0.0242. The smallest absolute Gasteiger partial charge is 0.329 e. The third kappa shape index (κ3) is 5.78. The molecule has 1 aromatic rings. The number of imide groups is 2. The number of ether oxygens (including phenoxy) is 1. The van der Waals surface area contributed by atoms with E-state index in [-0.39, 0.29) is 23.6 Å². The molecule has 1 aliphatic heterocycles. The number of esters is 1. The summed E-state index contributed by atoms with van der Waals surface area (Å²) >= 11 is 1.45. The van der Waals surface area contributed by atoms with E-state index in [1.807, 2.05) is 6.26 Å². The highest BCUT2D eigenvalue weighted by molar-refractivity contribution is 7.98.